The number of amides is 2. The van der Waals surface area contributed by atoms with Gasteiger partial charge in [-0.3, -0.25) is 9.59 Å². The van der Waals surface area contributed by atoms with E-state index in [1.165, 1.54) is 12.1 Å². The first-order valence-electron chi connectivity index (χ1n) is 14.0. The number of fused-ring (bicyclic) bond motifs is 3. The number of nitrogens with zero attached hydrogens (tertiary/aromatic N) is 3. The van der Waals surface area contributed by atoms with Gasteiger partial charge in [0.25, 0.3) is 11.8 Å². The third kappa shape index (κ3) is 4.88. The molecule has 1 N–H and O–H groups in total. The molecule has 4 aromatic rings. The monoisotopic (exact) mass is 630 g/mol. The number of halogens is 2. The molecule has 42 heavy (non-hydrogen) atoms. The number of rotatable bonds is 4. The van der Waals surface area contributed by atoms with E-state index in [1.807, 2.05) is 6.07 Å². The Morgan fingerprint density at radius 3 is 2.60 bits per heavy atom. The molecule has 0 radical (unpaired) electrons. The highest BCUT2D eigenvalue weighted by molar-refractivity contribution is 9.10. The van der Waals surface area contributed by atoms with Crippen molar-refractivity contribution in [2.75, 3.05) is 48.0 Å². The van der Waals surface area contributed by atoms with E-state index in [-0.39, 0.29) is 17.2 Å². The first-order chi connectivity index (χ1) is 20.4. The molecular formula is C32H28BrFN4O4. The van der Waals surface area contributed by atoms with Crippen LogP contribution in [0.5, 0.6) is 0 Å². The van der Waals surface area contributed by atoms with Crippen LogP contribution in [0.4, 0.5) is 21.6 Å². The van der Waals surface area contributed by atoms with E-state index in [0.717, 1.165) is 44.7 Å². The fourth-order valence-electron chi connectivity index (χ4n) is 6.20. The average Bonchev–Trinajstić information content (AvgIpc) is 3.29. The van der Waals surface area contributed by atoms with Gasteiger partial charge >= 0.3 is 0 Å². The molecule has 2 saturated heterocycles. The molecule has 8 nitrogen and oxygen atoms in total. The standard InChI is InChI=1S/C32H28BrFN4O4/c33-27-16-21-9-13-38(26-17-22(34)5-8-24(26)28(21)42-27)31(40)20-3-6-23(7-4-20)36-30(39)25-2-1-12-35-29(25)37-18-32(19-37)10-14-41-15-11-32/h1-8,12,16-17H,9-11,13-15,18-19H2,(H,36,39). The van der Waals surface area contributed by atoms with Crippen LogP contribution in [0, 0.1) is 11.2 Å². The molecule has 7 rings (SSSR count). The smallest absolute Gasteiger partial charge is 0.259 e. The summed E-state index contributed by atoms with van der Waals surface area (Å²) in [7, 11) is 0. The summed E-state index contributed by atoms with van der Waals surface area (Å²) < 4.78 is 26.3. The third-order valence-corrected chi connectivity index (χ3v) is 8.84. The van der Waals surface area contributed by atoms with Crippen molar-refractivity contribution in [3.05, 3.63) is 94.0 Å². The lowest BCUT2D eigenvalue weighted by Crippen LogP contribution is -2.59. The molecule has 10 heteroatoms. The van der Waals surface area contributed by atoms with Crippen molar-refractivity contribution < 1.29 is 23.1 Å². The third-order valence-electron chi connectivity index (χ3n) is 8.45. The molecule has 214 valence electrons. The second-order valence-corrected chi connectivity index (χ2v) is 11.9. The van der Waals surface area contributed by atoms with Crippen LogP contribution in [0.1, 0.15) is 39.1 Å². The van der Waals surface area contributed by atoms with Crippen molar-refractivity contribution in [2.24, 2.45) is 5.41 Å². The largest absolute Gasteiger partial charge is 0.449 e. The van der Waals surface area contributed by atoms with Gasteiger partial charge in [-0.15, -0.1) is 0 Å². The molecule has 2 aromatic heterocycles. The minimum absolute atomic E-state index is 0.252. The van der Waals surface area contributed by atoms with Crippen molar-refractivity contribution in [3.63, 3.8) is 0 Å². The van der Waals surface area contributed by atoms with E-state index in [4.69, 9.17) is 9.15 Å². The number of carbonyl (C=O) groups excluding carboxylic acids is 2. The number of furan rings is 1. The van der Waals surface area contributed by atoms with Crippen molar-refractivity contribution in [1.29, 1.82) is 0 Å². The van der Waals surface area contributed by atoms with Crippen LogP contribution in [0.25, 0.3) is 11.3 Å². The Balaban J connectivity index is 1.07. The van der Waals surface area contributed by atoms with Crippen LogP contribution in [0.3, 0.4) is 0 Å². The highest BCUT2D eigenvalue weighted by atomic mass is 79.9. The molecule has 5 heterocycles. The molecule has 2 fully saturated rings. The van der Waals surface area contributed by atoms with Crippen molar-refractivity contribution in [2.45, 2.75) is 19.3 Å². The topological polar surface area (TPSA) is 87.9 Å². The maximum atomic E-state index is 14.3. The van der Waals surface area contributed by atoms with Gasteiger partial charge in [0.15, 0.2) is 4.67 Å². The SMILES string of the molecule is O=C(Nc1ccc(C(=O)N2CCc3cc(Br)oc3-c3ccc(F)cc32)cc1)c1cccnc1N1CC2(CCOCC2)C1. The molecule has 0 aliphatic carbocycles. The van der Waals surface area contributed by atoms with E-state index < -0.39 is 5.82 Å². The van der Waals surface area contributed by atoms with Gasteiger partial charge < -0.3 is 24.3 Å². The second kappa shape index (κ2) is 10.7. The zero-order chi connectivity index (χ0) is 28.8. The molecule has 3 aliphatic rings. The van der Waals surface area contributed by atoms with Gasteiger partial charge in [0.1, 0.15) is 17.4 Å². The summed E-state index contributed by atoms with van der Waals surface area (Å²) in [5.41, 5.74) is 3.79. The molecular weight excluding hydrogens is 603 g/mol. The van der Waals surface area contributed by atoms with Crippen LogP contribution in [0.2, 0.25) is 0 Å². The van der Waals surface area contributed by atoms with Gasteiger partial charge in [-0.2, -0.15) is 0 Å². The summed E-state index contributed by atoms with van der Waals surface area (Å²) in [4.78, 5) is 35.2. The lowest BCUT2D eigenvalue weighted by Gasteiger charge is -2.53. The highest BCUT2D eigenvalue weighted by Crippen LogP contribution is 2.43. The quantitative estimate of drug-likeness (QED) is 0.284. The molecule has 3 aliphatic heterocycles. The number of hydrogen-bond donors (Lipinski definition) is 1. The van der Waals surface area contributed by atoms with Gasteiger partial charge in [0.2, 0.25) is 0 Å². The molecule has 0 bridgehead atoms. The first-order valence-corrected chi connectivity index (χ1v) is 14.8. The zero-order valence-corrected chi connectivity index (χ0v) is 24.3. The van der Waals surface area contributed by atoms with Gasteiger partial charge in [0, 0.05) is 66.8 Å². The number of pyridine rings is 1. The van der Waals surface area contributed by atoms with E-state index >= 15 is 0 Å². The predicted octanol–water partition coefficient (Wildman–Crippen LogP) is 6.32. The van der Waals surface area contributed by atoms with Gasteiger partial charge in [-0.1, -0.05) is 0 Å². The lowest BCUT2D eigenvalue weighted by atomic mass is 9.73. The second-order valence-electron chi connectivity index (χ2n) is 11.1. The van der Waals surface area contributed by atoms with Crippen LogP contribution in [-0.2, 0) is 11.2 Å². The fraction of sp³-hybridized carbons (Fsp3) is 0.281. The summed E-state index contributed by atoms with van der Waals surface area (Å²) in [6.45, 7) is 3.66. The van der Waals surface area contributed by atoms with Gasteiger partial charge in [-0.05, 0) is 95.9 Å². The Morgan fingerprint density at radius 2 is 1.81 bits per heavy atom. The van der Waals surface area contributed by atoms with Gasteiger partial charge in [0.05, 0.1) is 11.3 Å². The van der Waals surface area contributed by atoms with Crippen LogP contribution in [-0.4, -0.2) is 49.6 Å². The summed E-state index contributed by atoms with van der Waals surface area (Å²) >= 11 is 3.37. The van der Waals surface area contributed by atoms with E-state index in [0.29, 0.717) is 57.3 Å². The number of benzene rings is 2. The molecule has 0 saturated carbocycles. The zero-order valence-electron chi connectivity index (χ0n) is 22.7. The number of ether oxygens (including phenoxy) is 1. The van der Waals surface area contributed by atoms with Crippen molar-refractivity contribution >= 4 is 44.9 Å². The molecule has 0 unspecified atom stereocenters. The summed E-state index contributed by atoms with van der Waals surface area (Å²) in [5, 5.41) is 2.95. The maximum absolute atomic E-state index is 14.3. The highest BCUT2D eigenvalue weighted by Gasteiger charge is 2.45. The number of hydrogen-bond acceptors (Lipinski definition) is 6. The number of nitrogens with one attached hydrogen (secondary N) is 1. The van der Waals surface area contributed by atoms with E-state index in [2.05, 4.69) is 31.1 Å². The van der Waals surface area contributed by atoms with Crippen molar-refractivity contribution in [1.82, 2.24) is 4.98 Å². The number of aromatic nitrogens is 1. The minimum atomic E-state index is -0.436. The van der Waals surface area contributed by atoms with Crippen molar-refractivity contribution in [3.8, 4) is 11.3 Å². The Hall–Kier alpha value is -4.02. The number of carbonyl (C=O) groups is 2. The van der Waals surface area contributed by atoms with E-state index in [9.17, 15) is 14.0 Å². The molecule has 1 spiro atoms. The molecule has 2 aromatic carbocycles. The minimum Gasteiger partial charge on any atom is -0.449 e. The Morgan fingerprint density at radius 1 is 1.02 bits per heavy atom. The lowest BCUT2D eigenvalue weighted by molar-refractivity contribution is -0.000509. The van der Waals surface area contributed by atoms with Gasteiger partial charge in [-0.25, -0.2) is 9.37 Å². The summed E-state index contributed by atoms with van der Waals surface area (Å²) in [5.74, 6) is 0.341. The molecule has 2 amide bonds. The van der Waals surface area contributed by atoms with Crippen LogP contribution >= 0.6 is 15.9 Å². The Bertz CT molecular complexity index is 1670. The molecule has 0 atom stereocenters. The maximum Gasteiger partial charge on any atom is 0.259 e. The predicted molar refractivity (Wildman–Crippen MR) is 161 cm³/mol. The Kier molecular flexibility index (Phi) is 6.82. The van der Waals surface area contributed by atoms with Crippen LogP contribution < -0.4 is 15.1 Å². The Labute approximate surface area is 250 Å². The normalized spacial score (nSPS) is 17.2. The van der Waals surface area contributed by atoms with E-state index in [1.54, 1.807) is 53.6 Å². The summed E-state index contributed by atoms with van der Waals surface area (Å²) in [6, 6.07) is 16.5. The van der Waals surface area contributed by atoms with Crippen LogP contribution in [0.15, 0.2) is 75.9 Å². The first kappa shape index (κ1) is 26.9. The number of anilines is 3. The fourth-order valence-corrected chi connectivity index (χ4v) is 6.64. The average molecular weight is 632 g/mol. The summed E-state index contributed by atoms with van der Waals surface area (Å²) in [6.07, 6.45) is 4.32.